The van der Waals surface area contributed by atoms with Crippen LogP contribution < -0.4 is 10.4 Å². The van der Waals surface area contributed by atoms with Gasteiger partial charge in [-0.25, -0.2) is 9.51 Å². The van der Waals surface area contributed by atoms with Gasteiger partial charge in [0.15, 0.2) is 0 Å². The van der Waals surface area contributed by atoms with Gasteiger partial charge in [-0.05, 0) is 45.0 Å². The first-order chi connectivity index (χ1) is 12.8. The van der Waals surface area contributed by atoms with Crippen LogP contribution in [0.15, 0.2) is 63.3 Å². The van der Waals surface area contributed by atoms with Crippen LogP contribution in [0.3, 0.4) is 0 Å². The largest absolute Gasteiger partial charge is 0.295 e. The van der Waals surface area contributed by atoms with Gasteiger partial charge in [0.25, 0.3) is 15.6 Å². The third-order valence-electron chi connectivity index (χ3n) is 4.11. The molecule has 0 saturated carbocycles. The second-order valence-electron chi connectivity index (χ2n) is 6.29. The molecule has 0 aliphatic carbocycles. The molecule has 0 radical (unpaired) electrons. The monoisotopic (exact) mass is 384 g/mol. The van der Waals surface area contributed by atoms with E-state index in [1.165, 1.54) is 23.0 Å². The van der Waals surface area contributed by atoms with E-state index >= 15 is 0 Å². The highest BCUT2D eigenvalue weighted by Gasteiger charge is 2.13. The number of hydrazone groups is 1. The van der Waals surface area contributed by atoms with E-state index in [-0.39, 0.29) is 16.0 Å². The van der Waals surface area contributed by atoms with Gasteiger partial charge in [0.05, 0.1) is 22.4 Å². The van der Waals surface area contributed by atoms with Crippen LogP contribution in [-0.4, -0.2) is 24.4 Å². The quantitative estimate of drug-likeness (QED) is 0.522. The van der Waals surface area contributed by atoms with Crippen molar-refractivity contribution in [1.82, 2.24) is 14.6 Å². The zero-order valence-corrected chi connectivity index (χ0v) is 16.0. The molecule has 140 valence electrons. The second kappa shape index (κ2) is 7.24. The summed E-state index contributed by atoms with van der Waals surface area (Å²) < 4.78 is 25.9. The standard InChI is InChI=1S/C19H20N4O3S/c1-13-4-8-16(9-5-13)23-19(24)18(15(3)21-23)12-20-22-27(25,26)17-10-6-14(2)7-11-17/h4-12,21-22H,1-3H3/b20-12-. The SMILES string of the molecule is Cc1ccc(-n2[nH]c(C)c(/C=N\NS(=O)(=O)c3ccc(C)cc3)c2=O)cc1. The lowest BCUT2D eigenvalue weighted by molar-refractivity contribution is 0.584. The van der Waals surface area contributed by atoms with Crippen molar-refractivity contribution in [1.29, 1.82) is 0 Å². The summed E-state index contributed by atoms with van der Waals surface area (Å²) in [5.74, 6) is 0. The molecule has 0 atom stereocenters. The second-order valence-corrected chi connectivity index (χ2v) is 7.95. The maximum atomic E-state index is 12.6. The Hall–Kier alpha value is -3.13. The van der Waals surface area contributed by atoms with Gasteiger partial charge in [0, 0.05) is 5.69 Å². The fraction of sp³-hybridized carbons (Fsp3) is 0.158. The number of aromatic amines is 1. The fourth-order valence-electron chi connectivity index (χ4n) is 2.52. The summed E-state index contributed by atoms with van der Waals surface area (Å²) >= 11 is 0. The van der Waals surface area contributed by atoms with Gasteiger partial charge in [-0.2, -0.15) is 13.5 Å². The molecule has 3 rings (SSSR count). The summed E-state index contributed by atoms with van der Waals surface area (Å²) in [4.78, 5) is 14.8. The molecular formula is C19H20N4O3S. The number of benzene rings is 2. The van der Waals surface area contributed by atoms with Crippen molar-refractivity contribution >= 4 is 16.2 Å². The molecular weight excluding hydrogens is 364 g/mol. The molecule has 3 aromatic rings. The number of nitrogens with zero attached hydrogens (tertiary/aromatic N) is 2. The van der Waals surface area contributed by atoms with Gasteiger partial charge in [0.2, 0.25) is 0 Å². The Bertz CT molecular complexity index is 1140. The summed E-state index contributed by atoms with van der Waals surface area (Å²) in [5.41, 5.74) is 3.28. The van der Waals surface area contributed by atoms with E-state index in [1.807, 2.05) is 38.1 Å². The van der Waals surface area contributed by atoms with Crippen molar-refractivity contribution in [2.45, 2.75) is 25.7 Å². The maximum absolute atomic E-state index is 12.6. The van der Waals surface area contributed by atoms with Gasteiger partial charge in [-0.1, -0.05) is 35.4 Å². The molecule has 0 aliphatic rings. The number of rotatable bonds is 5. The fourth-order valence-corrected chi connectivity index (χ4v) is 3.31. The topological polar surface area (TPSA) is 96.3 Å². The molecule has 0 aliphatic heterocycles. The van der Waals surface area contributed by atoms with E-state index in [9.17, 15) is 13.2 Å². The third kappa shape index (κ3) is 4.01. The number of hydrogen-bond acceptors (Lipinski definition) is 4. The van der Waals surface area contributed by atoms with E-state index < -0.39 is 10.0 Å². The first-order valence-electron chi connectivity index (χ1n) is 8.28. The summed E-state index contributed by atoms with van der Waals surface area (Å²) in [6.45, 7) is 5.56. The first-order valence-corrected chi connectivity index (χ1v) is 9.76. The molecule has 2 N–H and O–H groups in total. The minimum Gasteiger partial charge on any atom is -0.295 e. The molecule has 27 heavy (non-hydrogen) atoms. The van der Waals surface area contributed by atoms with Gasteiger partial charge in [0.1, 0.15) is 0 Å². The molecule has 0 amide bonds. The van der Waals surface area contributed by atoms with Crippen molar-refractivity contribution < 1.29 is 8.42 Å². The molecule has 0 fully saturated rings. The number of hydrogen-bond donors (Lipinski definition) is 2. The van der Waals surface area contributed by atoms with Crippen LogP contribution in [0.25, 0.3) is 5.69 Å². The van der Waals surface area contributed by atoms with Crippen LogP contribution in [0.4, 0.5) is 0 Å². The summed E-state index contributed by atoms with van der Waals surface area (Å²) in [6.07, 6.45) is 1.21. The highest BCUT2D eigenvalue weighted by atomic mass is 32.2. The molecule has 0 saturated heterocycles. The van der Waals surface area contributed by atoms with Crippen LogP contribution >= 0.6 is 0 Å². The number of aromatic nitrogens is 2. The predicted molar refractivity (Wildman–Crippen MR) is 105 cm³/mol. The van der Waals surface area contributed by atoms with Crippen molar-refractivity contribution in [2.75, 3.05) is 0 Å². The van der Waals surface area contributed by atoms with Gasteiger partial charge in [-0.3, -0.25) is 9.89 Å². The molecule has 1 heterocycles. The molecule has 0 bridgehead atoms. The molecule has 8 heteroatoms. The van der Waals surface area contributed by atoms with Crippen molar-refractivity contribution in [3.63, 3.8) is 0 Å². The zero-order valence-electron chi connectivity index (χ0n) is 15.2. The minimum absolute atomic E-state index is 0.105. The van der Waals surface area contributed by atoms with Crippen molar-refractivity contribution in [3.8, 4) is 5.69 Å². The third-order valence-corrected chi connectivity index (χ3v) is 5.35. The average molecular weight is 384 g/mol. The summed E-state index contributed by atoms with van der Waals surface area (Å²) in [5, 5.41) is 6.73. The zero-order chi connectivity index (χ0) is 19.6. The first kappa shape index (κ1) is 18.7. The number of nitrogens with one attached hydrogen (secondary N) is 2. The smallest absolute Gasteiger partial charge is 0.280 e. The predicted octanol–water partition coefficient (Wildman–Crippen LogP) is 2.40. The molecule has 2 aromatic carbocycles. The van der Waals surface area contributed by atoms with E-state index in [0.717, 1.165) is 11.1 Å². The average Bonchev–Trinajstić information content (AvgIpc) is 2.91. The lowest BCUT2D eigenvalue weighted by Crippen LogP contribution is -2.20. The van der Waals surface area contributed by atoms with Gasteiger partial charge in [-0.15, -0.1) is 0 Å². The Labute approximate surface area is 157 Å². The van der Waals surface area contributed by atoms with Crippen molar-refractivity contribution in [2.24, 2.45) is 5.10 Å². The highest BCUT2D eigenvalue weighted by molar-refractivity contribution is 7.89. The Morgan fingerprint density at radius 1 is 0.963 bits per heavy atom. The van der Waals surface area contributed by atoms with Gasteiger partial charge >= 0.3 is 0 Å². The Kier molecular flexibility index (Phi) is 5.00. The lowest BCUT2D eigenvalue weighted by atomic mass is 10.2. The van der Waals surface area contributed by atoms with Crippen LogP contribution in [0, 0.1) is 20.8 Å². The molecule has 7 nitrogen and oxygen atoms in total. The number of aryl methyl sites for hydroxylation is 3. The Morgan fingerprint density at radius 2 is 1.52 bits per heavy atom. The maximum Gasteiger partial charge on any atom is 0.280 e. The van der Waals surface area contributed by atoms with E-state index in [0.29, 0.717) is 11.4 Å². The normalized spacial score (nSPS) is 11.8. The van der Waals surface area contributed by atoms with Gasteiger partial charge < -0.3 is 0 Å². The minimum atomic E-state index is -3.79. The molecule has 0 unspecified atom stereocenters. The van der Waals surface area contributed by atoms with Crippen molar-refractivity contribution in [3.05, 3.63) is 81.3 Å². The number of sulfonamides is 1. The molecule has 0 spiro atoms. The summed E-state index contributed by atoms with van der Waals surface area (Å²) in [7, 11) is -3.79. The Balaban J connectivity index is 1.84. The Morgan fingerprint density at radius 3 is 2.11 bits per heavy atom. The van der Waals surface area contributed by atoms with Crippen LogP contribution in [0.5, 0.6) is 0 Å². The summed E-state index contributed by atoms with van der Waals surface area (Å²) in [6, 6.07) is 13.9. The van der Waals surface area contributed by atoms with E-state index in [2.05, 4.69) is 15.0 Å². The van der Waals surface area contributed by atoms with Crippen LogP contribution in [-0.2, 0) is 10.0 Å². The van der Waals surface area contributed by atoms with Crippen LogP contribution in [0.2, 0.25) is 0 Å². The highest BCUT2D eigenvalue weighted by Crippen LogP contribution is 2.10. The number of H-pyrrole nitrogens is 1. The lowest BCUT2D eigenvalue weighted by Gasteiger charge is -2.03. The van der Waals surface area contributed by atoms with Crippen LogP contribution in [0.1, 0.15) is 22.4 Å². The van der Waals surface area contributed by atoms with E-state index in [4.69, 9.17) is 0 Å². The molecule has 1 aromatic heterocycles. The van der Waals surface area contributed by atoms with E-state index in [1.54, 1.807) is 19.1 Å².